The van der Waals surface area contributed by atoms with Crippen molar-refractivity contribution < 1.29 is 22.3 Å². The van der Waals surface area contributed by atoms with Crippen LogP contribution in [-0.4, -0.2) is 35.8 Å². The zero-order chi connectivity index (χ0) is 17.9. The fourth-order valence-electron chi connectivity index (χ4n) is 2.74. The molecule has 134 valence electrons. The molecule has 3 rings (SSSR count). The van der Waals surface area contributed by atoms with Gasteiger partial charge >= 0.3 is 6.18 Å². The molecule has 1 aliphatic rings. The van der Waals surface area contributed by atoms with Crippen molar-refractivity contribution in [1.29, 1.82) is 0 Å². The van der Waals surface area contributed by atoms with Crippen LogP contribution in [-0.2, 0) is 0 Å². The molecule has 0 bridgehead atoms. The number of nitrogens with zero attached hydrogens (tertiary/aromatic N) is 3. The number of halogens is 4. The summed E-state index contributed by atoms with van der Waals surface area (Å²) in [5, 5.41) is 0. The minimum Gasteiger partial charge on any atom is -0.481 e. The first kappa shape index (κ1) is 17.4. The number of aromatic nitrogens is 2. The van der Waals surface area contributed by atoms with Crippen LogP contribution in [0.4, 0.5) is 23.4 Å². The Kier molecular flexibility index (Phi) is 5.06. The molecule has 0 amide bonds. The van der Waals surface area contributed by atoms with E-state index in [1.165, 1.54) is 24.9 Å². The molecule has 0 unspecified atom stereocenters. The molecule has 0 saturated carbocycles. The Balaban J connectivity index is 1.78. The lowest BCUT2D eigenvalue weighted by Crippen LogP contribution is -2.30. The largest absolute Gasteiger partial charge is 0.481 e. The van der Waals surface area contributed by atoms with Crippen molar-refractivity contribution in [1.82, 2.24) is 9.97 Å². The van der Waals surface area contributed by atoms with E-state index in [0.29, 0.717) is 11.3 Å². The zero-order valence-electron chi connectivity index (χ0n) is 13.4. The number of hydrogen-bond donors (Lipinski definition) is 0. The molecule has 2 aromatic rings. The zero-order valence-corrected chi connectivity index (χ0v) is 13.4. The van der Waals surface area contributed by atoms with Gasteiger partial charge in [0.2, 0.25) is 0 Å². The molecule has 0 aliphatic carbocycles. The van der Waals surface area contributed by atoms with E-state index in [0.717, 1.165) is 37.8 Å². The maximum Gasteiger partial charge on any atom is 0.422 e. The molecule has 8 heteroatoms. The van der Waals surface area contributed by atoms with Gasteiger partial charge in [0.1, 0.15) is 12.1 Å². The summed E-state index contributed by atoms with van der Waals surface area (Å²) in [7, 11) is 0. The first-order chi connectivity index (χ1) is 11.9. The standard InChI is InChI=1S/C17H17F4N3O/c18-13-8-12(4-5-15(13)25-10-17(19,20)21)14-9-16(23-11-22-14)24-6-2-1-3-7-24/h4-5,8-9,11H,1-3,6-7,10H2. The number of benzene rings is 1. The van der Waals surface area contributed by atoms with Gasteiger partial charge in [0.15, 0.2) is 18.2 Å². The molecule has 25 heavy (non-hydrogen) atoms. The average molecular weight is 355 g/mol. The maximum atomic E-state index is 14.0. The lowest BCUT2D eigenvalue weighted by Gasteiger charge is -2.27. The summed E-state index contributed by atoms with van der Waals surface area (Å²) in [6.07, 6.45) is 0.282. The van der Waals surface area contributed by atoms with Crippen LogP contribution in [0.15, 0.2) is 30.6 Å². The Labute approximate surface area is 142 Å². The van der Waals surface area contributed by atoms with Gasteiger partial charge in [-0.05, 0) is 37.5 Å². The van der Waals surface area contributed by atoms with E-state index in [1.54, 1.807) is 6.07 Å². The van der Waals surface area contributed by atoms with Gasteiger partial charge in [0.25, 0.3) is 0 Å². The van der Waals surface area contributed by atoms with Crippen LogP contribution >= 0.6 is 0 Å². The van der Waals surface area contributed by atoms with E-state index in [9.17, 15) is 17.6 Å². The first-order valence-corrected chi connectivity index (χ1v) is 7.99. The summed E-state index contributed by atoms with van der Waals surface area (Å²) in [5.41, 5.74) is 0.967. The summed E-state index contributed by atoms with van der Waals surface area (Å²) < 4.78 is 55.0. The van der Waals surface area contributed by atoms with E-state index >= 15 is 0 Å². The second kappa shape index (κ2) is 7.25. The molecule has 0 atom stereocenters. The normalized spacial score (nSPS) is 15.3. The van der Waals surface area contributed by atoms with Gasteiger partial charge in [0, 0.05) is 24.7 Å². The van der Waals surface area contributed by atoms with Gasteiger partial charge in [-0.25, -0.2) is 14.4 Å². The Morgan fingerprint density at radius 3 is 2.48 bits per heavy atom. The fourth-order valence-corrected chi connectivity index (χ4v) is 2.74. The van der Waals surface area contributed by atoms with Gasteiger partial charge in [-0.1, -0.05) is 0 Å². The predicted molar refractivity (Wildman–Crippen MR) is 85.0 cm³/mol. The first-order valence-electron chi connectivity index (χ1n) is 7.99. The van der Waals surface area contributed by atoms with E-state index in [4.69, 9.17) is 0 Å². The van der Waals surface area contributed by atoms with Gasteiger partial charge in [0.05, 0.1) is 5.69 Å². The lowest BCUT2D eigenvalue weighted by atomic mass is 10.1. The minimum absolute atomic E-state index is 0.439. The SMILES string of the molecule is Fc1cc(-c2cc(N3CCCCC3)ncn2)ccc1OCC(F)(F)F. The fraction of sp³-hybridized carbons (Fsp3) is 0.412. The Morgan fingerprint density at radius 1 is 1.04 bits per heavy atom. The van der Waals surface area contributed by atoms with Crippen LogP contribution in [0.1, 0.15) is 19.3 Å². The molecule has 0 spiro atoms. The van der Waals surface area contributed by atoms with Crippen molar-refractivity contribution in [2.24, 2.45) is 0 Å². The second-order valence-electron chi connectivity index (χ2n) is 5.86. The summed E-state index contributed by atoms with van der Waals surface area (Å²) in [6, 6.07) is 5.54. The molecule has 1 aromatic heterocycles. The number of piperidine rings is 1. The third-order valence-electron chi connectivity index (χ3n) is 3.95. The number of hydrogen-bond acceptors (Lipinski definition) is 4. The van der Waals surface area contributed by atoms with Gasteiger partial charge in [-0.2, -0.15) is 13.2 Å². The monoisotopic (exact) mass is 355 g/mol. The summed E-state index contributed by atoms with van der Waals surface area (Å²) in [5.74, 6) is -0.534. The van der Waals surface area contributed by atoms with Crippen molar-refractivity contribution >= 4 is 5.82 Å². The highest BCUT2D eigenvalue weighted by atomic mass is 19.4. The Bertz CT molecular complexity index is 730. The quantitative estimate of drug-likeness (QED) is 0.770. The molecular formula is C17H17F4N3O. The molecule has 0 radical (unpaired) electrons. The van der Waals surface area contributed by atoms with Crippen molar-refractivity contribution in [3.05, 3.63) is 36.4 Å². The number of rotatable bonds is 4. The predicted octanol–water partition coefficient (Wildman–Crippen LogP) is 4.21. The lowest BCUT2D eigenvalue weighted by molar-refractivity contribution is -0.153. The minimum atomic E-state index is -4.51. The van der Waals surface area contributed by atoms with E-state index in [-0.39, 0.29) is 0 Å². The highest BCUT2D eigenvalue weighted by Crippen LogP contribution is 2.28. The van der Waals surface area contributed by atoms with Crippen molar-refractivity contribution in [2.75, 3.05) is 24.6 Å². The Hall–Kier alpha value is -2.38. The van der Waals surface area contributed by atoms with E-state index in [1.807, 2.05) is 0 Å². The molecule has 4 nitrogen and oxygen atoms in total. The highest BCUT2D eigenvalue weighted by molar-refractivity contribution is 5.63. The summed E-state index contributed by atoms with van der Waals surface area (Å²) in [6.45, 7) is 0.292. The van der Waals surface area contributed by atoms with Crippen molar-refractivity contribution in [3.63, 3.8) is 0 Å². The molecule has 1 aromatic carbocycles. The van der Waals surface area contributed by atoms with Crippen molar-refractivity contribution in [2.45, 2.75) is 25.4 Å². The van der Waals surface area contributed by atoms with Gasteiger partial charge in [-0.15, -0.1) is 0 Å². The molecule has 1 saturated heterocycles. The molecule has 0 N–H and O–H groups in total. The Morgan fingerprint density at radius 2 is 1.80 bits per heavy atom. The smallest absolute Gasteiger partial charge is 0.422 e. The number of ether oxygens (including phenoxy) is 1. The van der Waals surface area contributed by atoms with Crippen LogP contribution in [0.25, 0.3) is 11.3 Å². The molecule has 1 fully saturated rings. The van der Waals surface area contributed by atoms with Gasteiger partial charge in [-0.3, -0.25) is 0 Å². The van der Waals surface area contributed by atoms with Gasteiger partial charge < -0.3 is 9.64 Å². The summed E-state index contributed by atoms with van der Waals surface area (Å²) >= 11 is 0. The van der Waals surface area contributed by atoms with E-state index < -0.39 is 24.3 Å². The van der Waals surface area contributed by atoms with Crippen LogP contribution in [0.3, 0.4) is 0 Å². The van der Waals surface area contributed by atoms with Crippen LogP contribution < -0.4 is 9.64 Å². The molecular weight excluding hydrogens is 338 g/mol. The third kappa shape index (κ3) is 4.58. The highest BCUT2D eigenvalue weighted by Gasteiger charge is 2.29. The van der Waals surface area contributed by atoms with Crippen molar-refractivity contribution in [3.8, 4) is 17.0 Å². The second-order valence-corrected chi connectivity index (χ2v) is 5.86. The van der Waals surface area contributed by atoms with Crippen LogP contribution in [0, 0.1) is 5.82 Å². The van der Waals surface area contributed by atoms with Crippen LogP contribution in [0.2, 0.25) is 0 Å². The molecule has 1 aliphatic heterocycles. The number of alkyl halides is 3. The third-order valence-corrected chi connectivity index (χ3v) is 3.95. The van der Waals surface area contributed by atoms with E-state index in [2.05, 4.69) is 19.6 Å². The topological polar surface area (TPSA) is 38.2 Å². The average Bonchev–Trinajstić information content (AvgIpc) is 2.61. The maximum absolute atomic E-state index is 14.0. The summed E-state index contributed by atoms with van der Waals surface area (Å²) in [4.78, 5) is 10.5. The van der Waals surface area contributed by atoms with Crippen LogP contribution in [0.5, 0.6) is 5.75 Å². The molecule has 2 heterocycles. The number of anilines is 1.